The average molecular weight is 353 g/mol. The molecule has 1 aliphatic heterocycles. The Morgan fingerprint density at radius 1 is 1.28 bits per heavy atom. The third-order valence-corrected chi connectivity index (χ3v) is 5.18. The van der Waals surface area contributed by atoms with Crippen LogP contribution in [-0.4, -0.2) is 17.4 Å². The number of hydrogen-bond donors (Lipinski definition) is 1. The van der Waals surface area contributed by atoms with Crippen molar-refractivity contribution in [3.8, 4) is 11.3 Å². The predicted molar refractivity (Wildman–Crippen MR) is 98.5 cm³/mol. The van der Waals surface area contributed by atoms with E-state index >= 15 is 0 Å². The minimum absolute atomic E-state index is 0.180. The number of anilines is 2. The molecule has 126 valence electrons. The number of nitrogen functional groups attached to an aromatic ring is 1. The van der Waals surface area contributed by atoms with Gasteiger partial charge in [-0.05, 0) is 49.2 Å². The maximum absolute atomic E-state index is 13.4. The first-order valence-corrected chi connectivity index (χ1v) is 8.78. The molecule has 0 saturated heterocycles. The number of nitrogens with zero attached hydrogens (tertiary/aromatic N) is 2. The zero-order chi connectivity index (χ0) is 17.6. The molecule has 0 radical (unpaired) electrons. The van der Waals surface area contributed by atoms with Crippen LogP contribution >= 0.6 is 11.3 Å². The van der Waals surface area contributed by atoms with E-state index in [2.05, 4.69) is 11.1 Å². The van der Waals surface area contributed by atoms with Crippen molar-refractivity contribution in [1.29, 1.82) is 0 Å². The Morgan fingerprint density at radius 3 is 2.84 bits per heavy atom. The second kappa shape index (κ2) is 5.97. The SMILES string of the molecule is Cc1sc(N)nc1-c1ccc2c(c1)CCN2C(=O)c1cccc(F)c1. The Bertz CT molecular complexity index is 983. The molecule has 1 aromatic heterocycles. The molecule has 4 rings (SSSR count). The van der Waals surface area contributed by atoms with Crippen LogP contribution in [0.2, 0.25) is 0 Å². The van der Waals surface area contributed by atoms with Gasteiger partial charge in [-0.1, -0.05) is 12.1 Å². The lowest BCUT2D eigenvalue weighted by Crippen LogP contribution is -2.28. The number of aromatic nitrogens is 1. The molecule has 0 saturated carbocycles. The summed E-state index contributed by atoms with van der Waals surface area (Å²) in [5.41, 5.74) is 10.0. The number of thiazole rings is 1. The van der Waals surface area contributed by atoms with Crippen molar-refractivity contribution in [2.24, 2.45) is 0 Å². The van der Waals surface area contributed by atoms with Crippen molar-refractivity contribution in [3.63, 3.8) is 0 Å². The highest BCUT2D eigenvalue weighted by Gasteiger charge is 2.26. The van der Waals surface area contributed by atoms with Crippen LogP contribution in [0.1, 0.15) is 20.8 Å². The summed E-state index contributed by atoms with van der Waals surface area (Å²) < 4.78 is 13.4. The van der Waals surface area contributed by atoms with Gasteiger partial charge in [0.2, 0.25) is 0 Å². The molecular weight excluding hydrogens is 337 g/mol. The van der Waals surface area contributed by atoms with Gasteiger partial charge in [-0.3, -0.25) is 4.79 Å². The Hall–Kier alpha value is -2.73. The molecule has 0 unspecified atom stereocenters. The van der Waals surface area contributed by atoms with E-state index in [0.29, 0.717) is 17.2 Å². The summed E-state index contributed by atoms with van der Waals surface area (Å²) in [5, 5.41) is 0.552. The molecule has 25 heavy (non-hydrogen) atoms. The zero-order valence-corrected chi connectivity index (χ0v) is 14.4. The van der Waals surface area contributed by atoms with Crippen molar-refractivity contribution in [1.82, 2.24) is 4.98 Å². The standard InChI is InChI=1S/C19H16FN3OS/c1-11-17(22-19(21)25-11)13-5-6-16-12(9-13)7-8-23(16)18(24)14-3-2-4-15(20)10-14/h2-6,9-10H,7-8H2,1H3,(H2,21,22). The minimum Gasteiger partial charge on any atom is -0.375 e. The van der Waals surface area contributed by atoms with Crippen molar-refractivity contribution < 1.29 is 9.18 Å². The quantitative estimate of drug-likeness (QED) is 0.756. The van der Waals surface area contributed by atoms with E-state index in [4.69, 9.17) is 5.73 Å². The molecule has 0 atom stereocenters. The fourth-order valence-electron chi connectivity index (χ4n) is 3.22. The predicted octanol–water partition coefficient (Wildman–Crippen LogP) is 4.04. The van der Waals surface area contributed by atoms with Crippen LogP contribution in [0.25, 0.3) is 11.3 Å². The summed E-state index contributed by atoms with van der Waals surface area (Å²) in [6, 6.07) is 11.8. The molecule has 0 bridgehead atoms. The van der Waals surface area contributed by atoms with Gasteiger partial charge in [-0.2, -0.15) is 0 Å². The van der Waals surface area contributed by atoms with Crippen molar-refractivity contribution >= 4 is 28.1 Å². The lowest BCUT2D eigenvalue weighted by atomic mass is 10.1. The molecule has 1 aliphatic rings. The number of carbonyl (C=O) groups is 1. The van der Waals surface area contributed by atoms with Gasteiger partial charge in [-0.15, -0.1) is 11.3 Å². The molecule has 2 heterocycles. The van der Waals surface area contributed by atoms with E-state index in [9.17, 15) is 9.18 Å². The Balaban J connectivity index is 1.68. The Morgan fingerprint density at radius 2 is 2.12 bits per heavy atom. The number of hydrogen-bond acceptors (Lipinski definition) is 4. The fraction of sp³-hybridized carbons (Fsp3) is 0.158. The van der Waals surface area contributed by atoms with E-state index in [-0.39, 0.29) is 5.91 Å². The van der Waals surface area contributed by atoms with Gasteiger partial charge in [-0.25, -0.2) is 9.37 Å². The highest BCUT2D eigenvalue weighted by Crippen LogP contribution is 2.35. The molecule has 0 fully saturated rings. The Kier molecular flexibility index (Phi) is 3.77. The lowest BCUT2D eigenvalue weighted by Gasteiger charge is -2.17. The topological polar surface area (TPSA) is 59.2 Å². The monoisotopic (exact) mass is 353 g/mol. The van der Waals surface area contributed by atoms with Gasteiger partial charge in [0, 0.05) is 28.2 Å². The van der Waals surface area contributed by atoms with Crippen LogP contribution in [0, 0.1) is 12.7 Å². The molecule has 4 nitrogen and oxygen atoms in total. The Labute approximate surface area is 148 Å². The summed E-state index contributed by atoms with van der Waals surface area (Å²) >= 11 is 1.47. The minimum atomic E-state index is -0.405. The highest BCUT2D eigenvalue weighted by atomic mass is 32.1. The van der Waals surface area contributed by atoms with Gasteiger partial charge >= 0.3 is 0 Å². The van der Waals surface area contributed by atoms with Crippen LogP contribution in [0.4, 0.5) is 15.2 Å². The van der Waals surface area contributed by atoms with E-state index < -0.39 is 5.82 Å². The highest BCUT2D eigenvalue weighted by molar-refractivity contribution is 7.15. The van der Waals surface area contributed by atoms with Gasteiger partial charge in [0.1, 0.15) is 5.82 Å². The number of halogens is 1. The summed E-state index contributed by atoms with van der Waals surface area (Å²) in [5.74, 6) is -0.586. The summed E-state index contributed by atoms with van der Waals surface area (Å²) in [6.45, 7) is 2.59. The second-order valence-corrected chi connectivity index (χ2v) is 7.25. The van der Waals surface area contributed by atoms with Crippen LogP contribution in [0.15, 0.2) is 42.5 Å². The first kappa shape index (κ1) is 15.8. The molecule has 2 aromatic carbocycles. The van der Waals surface area contributed by atoms with E-state index in [1.807, 2.05) is 19.1 Å². The summed E-state index contributed by atoms with van der Waals surface area (Å²) in [7, 11) is 0. The molecule has 1 amide bonds. The third kappa shape index (κ3) is 2.78. The number of benzene rings is 2. The van der Waals surface area contributed by atoms with E-state index in [1.165, 1.54) is 23.5 Å². The fourth-order valence-corrected chi connectivity index (χ4v) is 3.93. The molecule has 2 N–H and O–H groups in total. The summed E-state index contributed by atoms with van der Waals surface area (Å²) in [4.78, 5) is 19.9. The number of fused-ring (bicyclic) bond motifs is 1. The largest absolute Gasteiger partial charge is 0.375 e. The van der Waals surface area contributed by atoms with Gasteiger partial charge < -0.3 is 10.6 Å². The normalized spacial score (nSPS) is 13.1. The average Bonchev–Trinajstić information content (AvgIpc) is 3.16. The van der Waals surface area contributed by atoms with Gasteiger partial charge in [0.25, 0.3) is 5.91 Å². The number of nitrogens with two attached hydrogens (primary N) is 1. The maximum atomic E-state index is 13.4. The molecule has 6 heteroatoms. The van der Waals surface area contributed by atoms with Crippen molar-refractivity contribution in [3.05, 3.63) is 64.3 Å². The first-order chi connectivity index (χ1) is 12.0. The van der Waals surface area contributed by atoms with Crippen molar-refractivity contribution in [2.75, 3.05) is 17.2 Å². The molecule has 3 aromatic rings. The van der Waals surface area contributed by atoms with Crippen LogP contribution < -0.4 is 10.6 Å². The second-order valence-electron chi connectivity index (χ2n) is 6.02. The maximum Gasteiger partial charge on any atom is 0.258 e. The number of amides is 1. The van der Waals surface area contributed by atoms with E-state index in [0.717, 1.165) is 33.8 Å². The molecular formula is C19H16FN3OS. The van der Waals surface area contributed by atoms with Crippen molar-refractivity contribution in [2.45, 2.75) is 13.3 Å². The first-order valence-electron chi connectivity index (χ1n) is 7.96. The van der Waals surface area contributed by atoms with Crippen LogP contribution in [-0.2, 0) is 6.42 Å². The number of rotatable bonds is 2. The zero-order valence-electron chi connectivity index (χ0n) is 13.6. The smallest absolute Gasteiger partial charge is 0.258 e. The number of carbonyl (C=O) groups excluding carboxylic acids is 1. The van der Waals surface area contributed by atoms with Gasteiger partial charge in [0.05, 0.1) is 5.69 Å². The lowest BCUT2D eigenvalue weighted by molar-refractivity contribution is 0.0989. The van der Waals surface area contributed by atoms with Crippen LogP contribution in [0.5, 0.6) is 0 Å². The number of aryl methyl sites for hydroxylation is 1. The molecule has 0 spiro atoms. The molecule has 0 aliphatic carbocycles. The van der Waals surface area contributed by atoms with Crippen LogP contribution in [0.3, 0.4) is 0 Å². The van der Waals surface area contributed by atoms with E-state index in [1.54, 1.807) is 17.0 Å². The van der Waals surface area contributed by atoms with Gasteiger partial charge in [0.15, 0.2) is 5.13 Å². The summed E-state index contributed by atoms with van der Waals surface area (Å²) in [6.07, 6.45) is 0.767. The third-order valence-electron chi connectivity index (χ3n) is 4.38.